The molecule has 0 bridgehead atoms. The fourth-order valence-electron chi connectivity index (χ4n) is 1.96. The van der Waals surface area contributed by atoms with Gasteiger partial charge in [-0.2, -0.15) is 9.78 Å². The van der Waals surface area contributed by atoms with Crippen molar-refractivity contribution < 1.29 is 9.42 Å². The predicted molar refractivity (Wildman–Crippen MR) is 82.3 cm³/mol. The average Bonchev–Trinajstić information content (AvgIpc) is 3.18. The van der Waals surface area contributed by atoms with E-state index in [1.165, 1.54) is 17.1 Å². The van der Waals surface area contributed by atoms with E-state index in [1.807, 2.05) is 0 Å². The van der Waals surface area contributed by atoms with Crippen LogP contribution in [0.2, 0.25) is 0 Å². The molecule has 3 aromatic rings. The number of hydrazone groups is 1. The van der Waals surface area contributed by atoms with Crippen LogP contribution in [0.1, 0.15) is 28.7 Å². The van der Waals surface area contributed by atoms with E-state index in [9.17, 15) is 4.79 Å². The van der Waals surface area contributed by atoms with Crippen molar-refractivity contribution in [1.29, 1.82) is 0 Å². The highest BCUT2D eigenvalue weighted by Gasteiger charge is 2.18. The Balaban J connectivity index is 1.81. The molecular formula is C13H13N9O2. The molecule has 0 aliphatic rings. The van der Waals surface area contributed by atoms with Gasteiger partial charge in [0.25, 0.3) is 5.91 Å². The van der Waals surface area contributed by atoms with Crippen molar-refractivity contribution in [2.24, 2.45) is 5.10 Å². The monoisotopic (exact) mass is 327 g/mol. The van der Waals surface area contributed by atoms with Gasteiger partial charge in [0, 0.05) is 18.0 Å². The Morgan fingerprint density at radius 3 is 2.75 bits per heavy atom. The first-order valence-electron chi connectivity index (χ1n) is 6.83. The topological polar surface area (TPSA) is 150 Å². The molecule has 0 radical (unpaired) electrons. The lowest BCUT2D eigenvalue weighted by Crippen LogP contribution is -2.19. The summed E-state index contributed by atoms with van der Waals surface area (Å²) in [5.41, 5.74) is 10.1. The van der Waals surface area contributed by atoms with Crippen molar-refractivity contribution in [3.8, 4) is 5.82 Å². The second kappa shape index (κ2) is 6.24. The van der Waals surface area contributed by atoms with Crippen LogP contribution in [-0.2, 0) is 0 Å². The van der Waals surface area contributed by atoms with Crippen LogP contribution in [0.3, 0.4) is 0 Å². The van der Waals surface area contributed by atoms with E-state index in [4.69, 9.17) is 5.73 Å². The van der Waals surface area contributed by atoms with E-state index in [1.54, 1.807) is 26.0 Å². The van der Waals surface area contributed by atoms with Gasteiger partial charge in [-0.05, 0) is 36.3 Å². The highest BCUT2D eigenvalue weighted by atomic mass is 16.6. The highest BCUT2D eigenvalue weighted by molar-refractivity contribution is 6.00. The summed E-state index contributed by atoms with van der Waals surface area (Å²) in [6, 6.07) is 3.17. The highest BCUT2D eigenvalue weighted by Crippen LogP contribution is 2.14. The summed E-state index contributed by atoms with van der Waals surface area (Å²) in [7, 11) is 0. The van der Waals surface area contributed by atoms with E-state index in [0.29, 0.717) is 22.7 Å². The molecule has 3 rings (SSSR count). The molecule has 11 heteroatoms. The Kier molecular flexibility index (Phi) is 3.97. The van der Waals surface area contributed by atoms with Crippen LogP contribution in [0.15, 0.2) is 34.3 Å². The van der Waals surface area contributed by atoms with Gasteiger partial charge in [-0.1, -0.05) is 5.21 Å². The number of anilines is 1. The predicted octanol–water partition coefficient (Wildman–Crippen LogP) is 0.0899. The standard InChI is InChI=1S/C13H13N9O2/c1-7(16-18-13(23)9-3-5-15-6-4-9)10-8(2)22(21-17-10)12-11(14)19-24-20-12/h3-6H,1-2H3,(H2,14,19)(H,18,23). The zero-order valence-electron chi connectivity index (χ0n) is 12.8. The van der Waals surface area contributed by atoms with Crippen LogP contribution in [-0.4, -0.2) is 41.9 Å². The maximum atomic E-state index is 12.0. The molecule has 122 valence electrons. The summed E-state index contributed by atoms with van der Waals surface area (Å²) in [4.78, 5) is 15.8. The van der Waals surface area contributed by atoms with Gasteiger partial charge in [0.1, 0.15) is 5.69 Å². The van der Waals surface area contributed by atoms with E-state index < -0.39 is 0 Å². The molecule has 0 unspecified atom stereocenters. The van der Waals surface area contributed by atoms with Crippen LogP contribution in [0, 0.1) is 6.92 Å². The molecular weight excluding hydrogens is 314 g/mol. The second-order valence-corrected chi connectivity index (χ2v) is 4.78. The second-order valence-electron chi connectivity index (χ2n) is 4.78. The molecule has 0 saturated heterocycles. The summed E-state index contributed by atoms with van der Waals surface area (Å²) < 4.78 is 5.93. The van der Waals surface area contributed by atoms with Gasteiger partial charge >= 0.3 is 0 Å². The van der Waals surface area contributed by atoms with Crippen LogP contribution in [0.25, 0.3) is 5.82 Å². The molecule has 0 aromatic carbocycles. The zero-order valence-corrected chi connectivity index (χ0v) is 12.8. The number of nitrogen functional groups attached to an aromatic ring is 1. The molecule has 0 spiro atoms. The summed E-state index contributed by atoms with van der Waals surface area (Å²) in [6.45, 7) is 3.45. The normalized spacial score (nSPS) is 11.5. The van der Waals surface area contributed by atoms with E-state index >= 15 is 0 Å². The van der Waals surface area contributed by atoms with Crippen molar-refractivity contribution in [2.75, 3.05) is 5.73 Å². The van der Waals surface area contributed by atoms with Crippen molar-refractivity contribution >= 4 is 17.4 Å². The van der Waals surface area contributed by atoms with Crippen LogP contribution >= 0.6 is 0 Å². The van der Waals surface area contributed by atoms with Gasteiger partial charge in [0.15, 0.2) is 0 Å². The first kappa shape index (κ1) is 15.3. The number of rotatable bonds is 4. The summed E-state index contributed by atoms with van der Waals surface area (Å²) in [6.07, 6.45) is 3.05. The summed E-state index contributed by atoms with van der Waals surface area (Å²) >= 11 is 0. The van der Waals surface area contributed by atoms with Gasteiger partial charge < -0.3 is 5.73 Å². The molecule has 3 aromatic heterocycles. The molecule has 11 nitrogen and oxygen atoms in total. The fraction of sp³-hybridized carbons (Fsp3) is 0.154. The van der Waals surface area contributed by atoms with Gasteiger partial charge in [0.05, 0.1) is 11.4 Å². The third kappa shape index (κ3) is 2.82. The maximum absolute atomic E-state index is 12.0. The minimum atomic E-state index is -0.355. The van der Waals surface area contributed by atoms with Crippen molar-refractivity contribution in [3.63, 3.8) is 0 Å². The summed E-state index contributed by atoms with van der Waals surface area (Å²) in [5, 5.41) is 19.2. The molecule has 0 atom stereocenters. The lowest BCUT2D eigenvalue weighted by atomic mass is 10.2. The first-order chi connectivity index (χ1) is 11.6. The van der Waals surface area contributed by atoms with Crippen molar-refractivity contribution in [2.45, 2.75) is 13.8 Å². The minimum Gasteiger partial charge on any atom is -0.378 e. The molecule has 1 amide bonds. The third-order valence-corrected chi connectivity index (χ3v) is 3.20. The molecule has 3 N–H and O–H groups in total. The lowest BCUT2D eigenvalue weighted by molar-refractivity contribution is 0.0954. The number of nitrogens with zero attached hydrogens (tertiary/aromatic N) is 7. The Morgan fingerprint density at radius 2 is 2.08 bits per heavy atom. The maximum Gasteiger partial charge on any atom is 0.271 e. The molecule has 0 fully saturated rings. The van der Waals surface area contributed by atoms with Crippen molar-refractivity contribution in [3.05, 3.63) is 41.5 Å². The van der Waals surface area contributed by atoms with E-state index in [2.05, 4.69) is 40.8 Å². The number of nitrogens with two attached hydrogens (primary N) is 1. The Labute approximate surface area is 135 Å². The smallest absolute Gasteiger partial charge is 0.271 e. The van der Waals surface area contributed by atoms with Crippen LogP contribution in [0.5, 0.6) is 0 Å². The number of nitrogens with one attached hydrogen (secondary N) is 1. The quantitative estimate of drug-likeness (QED) is 0.505. The van der Waals surface area contributed by atoms with Gasteiger partial charge in [-0.25, -0.2) is 10.1 Å². The SMILES string of the molecule is CC(=NNC(=O)c1ccncc1)c1nnn(-c2nonc2N)c1C. The third-order valence-electron chi connectivity index (χ3n) is 3.20. The number of carbonyl (C=O) groups is 1. The number of hydrogen-bond donors (Lipinski definition) is 2. The van der Waals surface area contributed by atoms with Gasteiger partial charge in [-0.15, -0.1) is 5.10 Å². The van der Waals surface area contributed by atoms with Crippen molar-refractivity contribution in [1.82, 2.24) is 35.7 Å². The molecule has 0 aliphatic heterocycles. The fourth-order valence-corrected chi connectivity index (χ4v) is 1.96. The Hall–Kier alpha value is -3.63. The van der Waals surface area contributed by atoms with Gasteiger partial charge in [-0.3, -0.25) is 9.78 Å². The first-order valence-corrected chi connectivity index (χ1v) is 6.83. The average molecular weight is 327 g/mol. The van der Waals surface area contributed by atoms with Crippen LogP contribution < -0.4 is 11.2 Å². The van der Waals surface area contributed by atoms with E-state index in [-0.39, 0.29) is 17.5 Å². The zero-order chi connectivity index (χ0) is 17.1. The number of amides is 1. The number of carbonyl (C=O) groups excluding carboxylic acids is 1. The number of aromatic nitrogens is 6. The Morgan fingerprint density at radius 1 is 1.33 bits per heavy atom. The molecule has 3 heterocycles. The molecule has 0 aliphatic carbocycles. The van der Waals surface area contributed by atoms with E-state index in [0.717, 1.165) is 0 Å². The van der Waals surface area contributed by atoms with Gasteiger partial charge in [0.2, 0.25) is 11.6 Å². The van der Waals surface area contributed by atoms with Crippen LogP contribution in [0.4, 0.5) is 5.82 Å². The lowest BCUT2D eigenvalue weighted by Gasteiger charge is -2.02. The number of hydrogen-bond acceptors (Lipinski definition) is 9. The molecule has 0 saturated carbocycles. The largest absolute Gasteiger partial charge is 0.378 e. The number of pyridine rings is 1. The Bertz CT molecular complexity index is 897. The molecule has 24 heavy (non-hydrogen) atoms. The minimum absolute atomic E-state index is 0.0927. The summed E-state index contributed by atoms with van der Waals surface area (Å²) in [5.74, 6) is -0.0262.